The largest absolute Gasteiger partial charge is 0.492 e. The maximum atomic E-state index is 12.5. The van der Waals surface area contributed by atoms with Gasteiger partial charge in [0.25, 0.3) is 0 Å². The number of esters is 1. The molecule has 3 saturated heterocycles. The van der Waals surface area contributed by atoms with Crippen molar-refractivity contribution in [1.29, 1.82) is 0 Å². The number of ether oxygens (including phenoxy) is 6. The minimum atomic E-state index is -0.702. The van der Waals surface area contributed by atoms with E-state index in [9.17, 15) is 4.79 Å². The summed E-state index contributed by atoms with van der Waals surface area (Å²) in [5.41, 5.74) is 0.0589. The van der Waals surface area contributed by atoms with Crippen molar-refractivity contribution in [3.63, 3.8) is 0 Å². The van der Waals surface area contributed by atoms with Gasteiger partial charge in [-0.2, -0.15) is 0 Å². The Morgan fingerprint density at radius 1 is 1.12 bits per heavy atom. The smallest absolute Gasteiger partial charge is 0.337 e. The molecule has 0 saturated carbocycles. The fourth-order valence-corrected chi connectivity index (χ4v) is 4.68. The third-order valence-electron chi connectivity index (χ3n) is 5.71. The fourth-order valence-electron chi connectivity index (χ4n) is 4.68. The molecule has 3 fully saturated rings. The monoisotopic (exact) mass is 354 g/mol. The minimum absolute atomic E-state index is 0.0293. The number of methoxy groups -OCH3 is 1. The lowest BCUT2D eigenvalue weighted by molar-refractivity contribution is -0.249. The van der Waals surface area contributed by atoms with Crippen molar-refractivity contribution in [3.8, 4) is 0 Å². The van der Waals surface area contributed by atoms with Gasteiger partial charge in [-0.25, -0.2) is 4.79 Å². The molecule has 4 aliphatic heterocycles. The number of allylic oxidation sites excluding steroid dienone is 1. The molecule has 0 radical (unpaired) electrons. The lowest BCUT2D eigenvalue weighted by Gasteiger charge is -2.50. The first-order chi connectivity index (χ1) is 11.6. The summed E-state index contributed by atoms with van der Waals surface area (Å²) >= 11 is 0. The van der Waals surface area contributed by atoms with E-state index >= 15 is 0 Å². The average Bonchev–Trinajstić information content (AvgIpc) is 2.98. The van der Waals surface area contributed by atoms with Gasteiger partial charge < -0.3 is 28.4 Å². The second kappa shape index (κ2) is 5.42. The van der Waals surface area contributed by atoms with Crippen LogP contribution in [0.4, 0.5) is 0 Å². The molecule has 0 aromatic heterocycles. The summed E-state index contributed by atoms with van der Waals surface area (Å²) in [6, 6.07) is 0. The standard InChI is InChI=1S/C18H26O7/c1-8-10(15(19)20-6)11-9(17(2,3)23-8)7-21-13-12(11)22-16-14(13)24-18(4,5)25-16/h9,11-14,16H,7H2,1-6H3/t9-,11+,12+,13-,14+,16+/m0/s1. The van der Waals surface area contributed by atoms with Gasteiger partial charge in [-0.3, -0.25) is 0 Å². The fraction of sp³-hybridized carbons (Fsp3) is 0.833. The highest BCUT2D eigenvalue weighted by Crippen LogP contribution is 2.52. The van der Waals surface area contributed by atoms with Crippen LogP contribution in [0.2, 0.25) is 0 Å². The van der Waals surface area contributed by atoms with E-state index in [2.05, 4.69) is 0 Å². The first-order valence-corrected chi connectivity index (χ1v) is 8.75. The van der Waals surface area contributed by atoms with E-state index in [0.717, 1.165) is 0 Å². The molecule has 4 rings (SSSR count). The molecule has 4 aliphatic rings. The Morgan fingerprint density at radius 2 is 1.84 bits per heavy atom. The van der Waals surface area contributed by atoms with Gasteiger partial charge in [0.2, 0.25) is 0 Å². The van der Waals surface area contributed by atoms with Crippen molar-refractivity contribution in [2.45, 2.75) is 70.6 Å². The summed E-state index contributed by atoms with van der Waals surface area (Å²) in [5, 5.41) is 0. The Bertz CT molecular complexity index is 623. The number of hydrogen-bond donors (Lipinski definition) is 0. The third-order valence-corrected chi connectivity index (χ3v) is 5.71. The number of fused-ring (bicyclic) bond motifs is 5. The lowest BCUT2D eigenvalue weighted by Crippen LogP contribution is -2.58. The van der Waals surface area contributed by atoms with Gasteiger partial charge in [0, 0.05) is 11.8 Å². The van der Waals surface area contributed by atoms with Gasteiger partial charge in [0.15, 0.2) is 12.1 Å². The van der Waals surface area contributed by atoms with E-state index < -0.39 is 17.7 Å². The van der Waals surface area contributed by atoms with Crippen LogP contribution in [0, 0.1) is 11.8 Å². The zero-order valence-electron chi connectivity index (χ0n) is 15.5. The highest BCUT2D eigenvalue weighted by Gasteiger charge is 2.63. The first kappa shape index (κ1) is 17.3. The molecule has 25 heavy (non-hydrogen) atoms. The van der Waals surface area contributed by atoms with Crippen molar-refractivity contribution >= 4 is 5.97 Å². The molecule has 0 unspecified atom stereocenters. The molecule has 7 heteroatoms. The molecule has 0 bridgehead atoms. The van der Waals surface area contributed by atoms with E-state index in [4.69, 9.17) is 28.4 Å². The predicted octanol–water partition coefficient (Wildman–Crippen LogP) is 1.75. The van der Waals surface area contributed by atoms with E-state index in [1.807, 2.05) is 27.7 Å². The van der Waals surface area contributed by atoms with E-state index in [-0.39, 0.29) is 36.1 Å². The van der Waals surface area contributed by atoms with E-state index in [1.54, 1.807) is 6.92 Å². The van der Waals surface area contributed by atoms with Crippen molar-refractivity contribution < 1.29 is 33.2 Å². The lowest BCUT2D eigenvalue weighted by atomic mass is 9.69. The number of carbonyl (C=O) groups is 1. The SMILES string of the molecule is COC(=O)C1=C(C)OC(C)(C)[C@H]2CO[C@@H]3[C@H]4OC(C)(C)O[C@H]4O[C@@H]3[C@@H]12. The van der Waals surface area contributed by atoms with Gasteiger partial charge >= 0.3 is 5.97 Å². The highest BCUT2D eigenvalue weighted by atomic mass is 16.8. The van der Waals surface area contributed by atoms with Gasteiger partial charge in [-0.15, -0.1) is 0 Å². The molecule has 0 aromatic rings. The van der Waals surface area contributed by atoms with Crippen LogP contribution < -0.4 is 0 Å². The summed E-state index contributed by atoms with van der Waals surface area (Å²) in [6.45, 7) is 10.0. The van der Waals surface area contributed by atoms with Crippen LogP contribution >= 0.6 is 0 Å². The van der Waals surface area contributed by atoms with Crippen molar-refractivity contribution in [2.75, 3.05) is 13.7 Å². The Balaban J connectivity index is 1.72. The molecule has 7 nitrogen and oxygen atoms in total. The molecule has 0 N–H and O–H groups in total. The molecular formula is C18H26O7. The zero-order chi connectivity index (χ0) is 18.1. The van der Waals surface area contributed by atoms with Crippen LogP contribution in [0.3, 0.4) is 0 Å². The molecule has 0 spiro atoms. The molecule has 6 atom stereocenters. The second-order valence-corrected chi connectivity index (χ2v) is 8.17. The Labute approximate surface area is 147 Å². The van der Waals surface area contributed by atoms with Gasteiger partial charge in [-0.05, 0) is 34.6 Å². The molecular weight excluding hydrogens is 328 g/mol. The Morgan fingerprint density at radius 3 is 2.52 bits per heavy atom. The normalized spacial score (nSPS) is 43.8. The molecule has 140 valence electrons. The maximum Gasteiger partial charge on any atom is 0.337 e. The van der Waals surface area contributed by atoms with Gasteiger partial charge in [0.1, 0.15) is 23.6 Å². The Kier molecular flexibility index (Phi) is 3.75. The van der Waals surface area contributed by atoms with Crippen molar-refractivity contribution in [2.24, 2.45) is 11.8 Å². The first-order valence-electron chi connectivity index (χ1n) is 8.75. The summed E-state index contributed by atoms with van der Waals surface area (Å²) in [5.74, 6) is -0.714. The van der Waals surface area contributed by atoms with Crippen LogP contribution in [-0.2, 0) is 33.2 Å². The number of rotatable bonds is 1. The van der Waals surface area contributed by atoms with Crippen LogP contribution in [0.1, 0.15) is 34.6 Å². The molecule has 0 aromatic carbocycles. The summed E-state index contributed by atoms with van der Waals surface area (Å²) in [4.78, 5) is 12.5. The summed E-state index contributed by atoms with van der Waals surface area (Å²) < 4.78 is 35.2. The molecule has 0 aliphatic carbocycles. The Hall–Kier alpha value is -1.15. The topological polar surface area (TPSA) is 72.5 Å². The van der Waals surface area contributed by atoms with Gasteiger partial charge in [0.05, 0.1) is 25.4 Å². The van der Waals surface area contributed by atoms with Crippen LogP contribution in [0.5, 0.6) is 0 Å². The summed E-state index contributed by atoms with van der Waals surface area (Å²) in [7, 11) is 1.38. The maximum absolute atomic E-state index is 12.5. The third kappa shape index (κ3) is 2.51. The van der Waals surface area contributed by atoms with Gasteiger partial charge in [-0.1, -0.05) is 0 Å². The van der Waals surface area contributed by atoms with Crippen molar-refractivity contribution in [3.05, 3.63) is 11.3 Å². The summed E-state index contributed by atoms with van der Waals surface area (Å²) in [6.07, 6.45) is -1.41. The minimum Gasteiger partial charge on any atom is -0.492 e. The van der Waals surface area contributed by atoms with Crippen LogP contribution in [0.25, 0.3) is 0 Å². The quantitative estimate of drug-likeness (QED) is 0.664. The average molecular weight is 354 g/mol. The van der Waals surface area contributed by atoms with Crippen LogP contribution in [0.15, 0.2) is 11.3 Å². The highest BCUT2D eigenvalue weighted by molar-refractivity contribution is 5.90. The molecule has 4 heterocycles. The number of hydrogen-bond acceptors (Lipinski definition) is 7. The zero-order valence-corrected chi connectivity index (χ0v) is 15.5. The van der Waals surface area contributed by atoms with E-state index in [1.165, 1.54) is 7.11 Å². The van der Waals surface area contributed by atoms with Crippen molar-refractivity contribution in [1.82, 2.24) is 0 Å². The second-order valence-electron chi connectivity index (χ2n) is 8.17. The molecule has 0 amide bonds. The predicted molar refractivity (Wildman–Crippen MR) is 85.3 cm³/mol. The number of carbonyl (C=O) groups excluding carboxylic acids is 1. The van der Waals surface area contributed by atoms with Crippen LogP contribution in [-0.4, -0.2) is 55.7 Å². The van der Waals surface area contributed by atoms with E-state index in [0.29, 0.717) is 17.9 Å².